The fraction of sp³-hybridized carbons (Fsp3) is 0.130. The molecule has 1 aromatic heterocycles. The highest BCUT2D eigenvalue weighted by Gasteiger charge is 2.09. The maximum atomic E-state index is 12.4. The van der Waals surface area contributed by atoms with Gasteiger partial charge in [-0.3, -0.25) is 9.59 Å². The van der Waals surface area contributed by atoms with Gasteiger partial charge in [0, 0.05) is 36.8 Å². The number of benzene rings is 3. The number of aryl methyl sites for hydroxylation is 1. The van der Waals surface area contributed by atoms with Crippen LogP contribution in [-0.4, -0.2) is 33.1 Å². The van der Waals surface area contributed by atoms with Crippen LogP contribution < -0.4 is 10.6 Å². The Kier molecular flexibility index (Phi) is 5.52. The van der Waals surface area contributed by atoms with E-state index in [1.54, 1.807) is 12.4 Å². The van der Waals surface area contributed by atoms with Crippen molar-refractivity contribution < 1.29 is 9.59 Å². The molecule has 4 aromatic rings. The highest BCUT2D eigenvalue weighted by molar-refractivity contribution is 5.99. The molecule has 0 fully saturated rings. The summed E-state index contributed by atoms with van der Waals surface area (Å²) in [6, 6.07) is 20.8. The first kappa shape index (κ1) is 19.3. The Morgan fingerprint density at radius 3 is 2.60 bits per heavy atom. The van der Waals surface area contributed by atoms with Gasteiger partial charge in [-0.1, -0.05) is 42.5 Å². The summed E-state index contributed by atoms with van der Waals surface area (Å²) >= 11 is 0. The molecule has 1 heterocycles. The molecular formula is C23H21N5O2. The van der Waals surface area contributed by atoms with Gasteiger partial charge < -0.3 is 15.2 Å². The highest BCUT2D eigenvalue weighted by Crippen LogP contribution is 2.20. The Bertz CT molecular complexity index is 1210. The Labute approximate surface area is 173 Å². The van der Waals surface area contributed by atoms with Crippen molar-refractivity contribution in [2.45, 2.75) is 6.42 Å². The average Bonchev–Trinajstić information content (AvgIpc) is 3.19. The zero-order valence-corrected chi connectivity index (χ0v) is 16.5. The number of nitrogens with one attached hydrogen (secondary N) is 2. The van der Waals surface area contributed by atoms with E-state index in [-0.39, 0.29) is 24.8 Å². The normalized spacial score (nSPS) is 10.7. The van der Waals surface area contributed by atoms with Gasteiger partial charge in [0.1, 0.15) is 6.33 Å². The Balaban J connectivity index is 1.31. The lowest BCUT2D eigenvalue weighted by Gasteiger charge is -2.09. The second-order valence-corrected chi connectivity index (χ2v) is 6.96. The monoisotopic (exact) mass is 399 g/mol. The topological polar surface area (TPSA) is 88.9 Å². The lowest BCUT2D eigenvalue weighted by atomic mass is 10.1. The molecule has 0 radical (unpaired) electrons. The Morgan fingerprint density at radius 1 is 0.967 bits per heavy atom. The summed E-state index contributed by atoms with van der Waals surface area (Å²) in [5, 5.41) is 15.7. The Hall–Kier alpha value is -4.00. The first-order chi connectivity index (χ1) is 14.6. The SMILES string of the molecule is Cn1cnnc1-c1cccc(NC(=O)CCNC(=O)c2ccc3ccccc3c2)c1. The number of carbonyl (C=O) groups is 2. The lowest BCUT2D eigenvalue weighted by molar-refractivity contribution is -0.116. The molecule has 2 amide bonds. The van der Waals surface area contributed by atoms with E-state index in [9.17, 15) is 9.59 Å². The minimum atomic E-state index is -0.196. The molecule has 0 atom stereocenters. The summed E-state index contributed by atoms with van der Waals surface area (Å²) < 4.78 is 1.81. The summed E-state index contributed by atoms with van der Waals surface area (Å²) in [5.74, 6) is 0.343. The molecule has 0 saturated heterocycles. The van der Waals surface area contributed by atoms with Gasteiger partial charge in [-0.15, -0.1) is 10.2 Å². The minimum absolute atomic E-state index is 0.174. The quantitative estimate of drug-likeness (QED) is 0.520. The number of rotatable bonds is 6. The van der Waals surface area contributed by atoms with Crippen molar-refractivity contribution in [3.63, 3.8) is 0 Å². The predicted molar refractivity (Wildman–Crippen MR) is 116 cm³/mol. The summed E-state index contributed by atoms with van der Waals surface area (Å²) in [7, 11) is 1.86. The van der Waals surface area contributed by atoms with Crippen LogP contribution >= 0.6 is 0 Å². The number of hydrogen-bond acceptors (Lipinski definition) is 4. The predicted octanol–water partition coefficient (Wildman–Crippen LogP) is 3.39. The smallest absolute Gasteiger partial charge is 0.251 e. The third-order valence-corrected chi connectivity index (χ3v) is 4.77. The number of fused-ring (bicyclic) bond motifs is 1. The molecule has 7 nitrogen and oxygen atoms in total. The molecule has 150 valence electrons. The summed E-state index contributed by atoms with van der Waals surface area (Å²) in [5.41, 5.74) is 2.10. The molecule has 0 aliphatic heterocycles. The fourth-order valence-electron chi connectivity index (χ4n) is 3.23. The van der Waals surface area contributed by atoms with Gasteiger partial charge in [0.15, 0.2) is 5.82 Å². The van der Waals surface area contributed by atoms with Crippen LogP contribution in [0.4, 0.5) is 5.69 Å². The van der Waals surface area contributed by atoms with Crippen LogP contribution in [0.3, 0.4) is 0 Å². The number of carbonyl (C=O) groups excluding carboxylic acids is 2. The molecule has 0 saturated carbocycles. The van der Waals surface area contributed by atoms with Crippen LogP contribution in [0.15, 0.2) is 73.1 Å². The van der Waals surface area contributed by atoms with Gasteiger partial charge in [-0.25, -0.2) is 0 Å². The zero-order chi connectivity index (χ0) is 20.9. The lowest BCUT2D eigenvalue weighted by Crippen LogP contribution is -2.27. The van der Waals surface area contributed by atoms with Crippen molar-refractivity contribution >= 4 is 28.3 Å². The van der Waals surface area contributed by atoms with Gasteiger partial charge >= 0.3 is 0 Å². The average molecular weight is 399 g/mol. The number of aromatic nitrogens is 3. The maximum Gasteiger partial charge on any atom is 0.251 e. The summed E-state index contributed by atoms with van der Waals surface area (Å²) in [4.78, 5) is 24.7. The van der Waals surface area contributed by atoms with Crippen LogP contribution in [0.1, 0.15) is 16.8 Å². The number of anilines is 1. The van der Waals surface area contributed by atoms with Gasteiger partial charge in [0.2, 0.25) is 5.91 Å². The maximum absolute atomic E-state index is 12.4. The molecule has 0 bridgehead atoms. The van der Waals surface area contributed by atoms with E-state index in [4.69, 9.17) is 0 Å². The third-order valence-electron chi connectivity index (χ3n) is 4.77. The van der Waals surface area contributed by atoms with Gasteiger partial charge in [0.05, 0.1) is 0 Å². The molecule has 3 aromatic carbocycles. The van der Waals surface area contributed by atoms with E-state index in [1.165, 1.54) is 0 Å². The van der Waals surface area contributed by atoms with Crippen molar-refractivity contribution in [1.29, 1.82) is 0 Å². The van der Waals surface area contributed by atoms with Crippen molar-refractivity contribution in [1.82, 2.24) is 20.1 Å². The third kappa shape index (κ3) is 4.35. The Morgan fingerprint density at radius 2 is 1.80 bits per heavy atom. The van der Waals surface area contributed by atoms with Gasteiger partial charge in [-0.2, -0.15) is 0 Å². The van der Waals surface area contributed by atoms with Crippen molar-refractivity contribution in [2.75, 3.05) is 11.9 Å². The fourth-order valence-corrected chi connectivity index (χ4v) is 3.23. The van der Waals surface area contributed by atoms with Crippen LogP contribution in [0, 0.1) is 0 Å². The molecule has 2 N–H and O–H groups in total. The second-order valence-electron chi connectivity index (χ2n) is 6.96. The first-order valence-corrected chi connectivity index (χ1v) is 9.61. The molecule has 7 heteroatoms. The zero-order valence-electron chi connectivity index (χ0n) is 16.5. The van der Waals surface area contributed by atoms with Crippen LogP contribution in [0.2, 0.25) is 0 Å². The van der Waals surface area contributed by atoms with Crippen LogP contribution in [0.5, 0.6) is 0 Å². The van der Waals surface area contributed by atoms with Crippen molar-refractivity contribution in [3.8, 4) is 11.4 Å². The van der Waals surface area contributed by atoms with Crippen LogP contribution in [-0.2, 0) is 11.8 Å². The standard InChI is InChI=1S/C23H21N5O2/c1-28-15-25-27-22(28)18-7-4-8-20(14-18)26-21(29)11-12-24-23(30)19-10-9-16-5-2-3-6-17(16)13-19/h2-10,13-15H,11-12H2,1H3,(H,24,30)(H,26,29). The highest BCUT2D eigenvalue weighted by atomic mass is 16.2. The summed E-state index contributed by atoms with van der Waals surface area (Å²) in [6.07, 6.45) is 1.80. The largest absolute Gasteiger partial charge is 0.352 e. The van der Waals surface area contributed by atoms with E-state index >= 15 is 0 Å². The number of amides is 2. The molecule has 0 aliphatic carbocycles. The van der Waals surface area contributed by atoms with E-state index < -0.39 is 0 Å². The summed E-state index contributed by atoms with van der Waals surface area (Å²) in [6.45, 7) is 0.250. The molecule has 0 unspecified atom stereocenters. The van der Waals surface area contributed by atoms with Gasteiger partial charge in [0.25, 0.3) is 5.91 Å². The van der Waals surface area contributed by atoms with E-state index in [2.05, 4.69) is 20.8 Å². The first-order valence-electron chi connectivity index (χ1n) is 9.61. The van der Waals surface area contributed by atoms with Crippen LogP contribution in [0.25, 0.3) is 22.2 Å². The van der Waals surface area contributed by atoms with E-state index in [0.717, 1.165) is 16.3 Å². The molecule has 0 spiro atoms. The van der Waals surface area contributed by atoms with Gasteiger partial charge in [-0.05, 0) is 35.0 Å². The number of hydrogen-bond donors (Lipinski definition) is 2. The minimum Gasteiger partial charge on any atom is -0.352 e. The molecule has 0 aliphatic rings. The second kappa shape index (κ2) is 8.57. The van der Waals surface area contributed by atoms with E-state index in [0.29, 0.717) is 17.1 Å². The van der Waals surface area contributed by atoms with Crippen molar-refractivity contribution in [3.05, 3.63) is 78.6 Å². The molecule has 30 heavy (non-hydrogen) atoms. The molecular weight excluding hydrogens is 378 g/mol. The number of nitrogens with zero attached hydrogens (tertiary/aromatic N) is 3. The van der Waals surface area contributed by atoms with Crippen molar-refractivity contribution in [2.24, 2.45) is 7.05 Å². The molecule has 4 rings (SSSR count). The van der Waals surface area contributed by atoms with E-state index in [1.807, 2.05) is 72.3 Å².